The Labute approximate surface area is 224 Å². The molecule has 1 fully saturated rings. The van der Waals surface area contributed by atoms with Gasteiger partial charge in [0.05, 0.1) is 6.04 Å². The molecule has 0 spiro atoms. The minimum atomic E-state index is -0.116. The average Bonchev–Trinajstić information content (AvgIpc) is 2.97. The van der Waals surface area contributed by atoms with Gasteiger partial charge in [0.15, 0.2) is 0 Å². The fraction of sp³-hybridized carbons (Fsp3) is 0.281. The minimum absolute atomic E-state index is 0.0152. The predicted molar refractivity (Wildman–Crippen MR) is 152 cm³/mol. The van der Waals surface area contributed by atoms with E-state index in [1.165, 1.54) is 0 Å². The van der Waals surface area contributed by atoms with Crippen molar-refractivity contribution in [2.75, 3.05) is 20.1 Å². The molecule has 1 unspecified atom stereocenters. The molecule has 38 heavy (non-hydrogen) atoms. The van der Waals surface area contributed by atoms with Crippen LogP contribution >= 0.6 is 0 Å². The highest BCUT2D eigenvalue weighted by atomic mass is 16.2. The summed E-state index contributed by atoms with van der Waals surface area (Å²) in [5.41, 5.74) is 4.44. The van der Waals surface area contributed by atoms with Gasteiger partial charge >= 0.3 is 0 Å². The molecule has 2 heterocycles. The maximum atomic E-state index is 13.1. The number of nitrogens with one attached hydrogen (secondary N) is 2. The quantitative estimate of drug-likeness (QED) is 0.342. The summed E-state index contributed by atoms with van der Waals surface area (Å²) in [6.07, 6.45) is 6.27. The first-order valence-electron chi connectivity index (χ1n) is 13.3. The Morgan fingerprint density at radius 3 is 2.42 bits per heavy atom. The molecule has 2 amide bonds. The van der Waals surface area contributed by atoms with E-state index in [1.54, 1.807) is 12.4 Å². The van der Waals surface area contributed by atoms with Crippen LogP contribution < -0.4 is 10.6 Å². The molecule has 2 N–H and O–H groups in total. The van der Waals surface area contributed by atoms with E-state index in [1.807, 2.05) is 60.7 Å². The summed E-state index contributed by atoms with van der Waals surface area (Å²) in [6.45, 7) is 4.10. The Morgan fingerprint density at radius 1 is 0.895 bits per heavy atom. The van der Waals surface area contributed by atoms with E-state index in [2.05, 4.69) is 46.6 Å². The Kier molecular flexibility index (Phi) is 7.80. The maximum absolute atomic E-state index is 13.1. The van der Waals surface area contributed by atoms with E-state index in [4.69, 9.17) is 0 Å². The van der Waals surface area contributed by atoms with Crippen molar-refractivity contribution >= 4 is 22.6 Å². The summed E-state index contributed by atoms with van der Waals surface area (Å²) in [6, 6.07) is 23.7. The van der Waals surface area contributed by atoms with Crippen LogP contribution in [0.4, 0.5) is 0 Å². The number of amides is 2. The van der Waals surface area contributed by atoms with Gasteiger partial charge in [-0.25, -0.2) is 0 Å². The standard InChI is InChI=1S/C32H34N4O2/c1-3-30(35-32(38)27-11-12-28-21-33-16-13-25(28)20-27)26-6-4-5-24(19-26)22-7-9-23(10-8-22)31(37)34-29-14-17-36(2)18-15-29/h4-13,16,19-21,29-30H,3,14-15,17-18H2,1-2H3,(H,34,37)(H,35,38). The highest BCUT2D eigenvalue weighted by Crippen LogP contribution is 2.26. The Morgan fingerprint density at radius 2 is 1.66 bits per heavy atom. The van der Waals surface area contributed by atoms with Gasteiger partial charge in [0, 0.05) is 34.9 Å². The van der Waals surface area contributed by atoms with Gasteiger partial charge in [-0.15, -0.1) is 0 Å². The largest absolute Gasteiger partial charge is 0.349 e. The van der Waals surface area contributed by atoms with E-state index in [9.17, 15) is 9.59 Å². The van der Waals surface area contributed by atoms with Gasteiger partial charge in [-0.2, -0.15) is 0 Å². The SMILES string of the molecule is CCC(NC(=O)c1ccc2cnccc2c1)c1cccc(-c2ccc(C(=O)NC3CCN(C)CC3)cc2)c1. The molecule has 0 bridgehead atoms. The van der Waals surface area contributed by atoms with Gasteiger partial charge in [-0.1, -0.05) is 43.3 Å². The highest BCUT2D eigenvalue weighted by Gasteiger charge is 2.19. The lowest BCUT2D eigenvalue weighted by Gasteiger charge is -2.29. The van der Waals surface area contributed by atoms with Crippen LogP contribution in [-0.2, 0) is 0 Å². The zero-order valence-electron chi connectivity index (χ0n) is 22.0. The molecule has 3 aromatic carbocycles. The third kappa shape index (κ3) is 5.92. The first-order valence-corrected chi connectivity index (χ1v) is 13.3. The molecule has 0 saturated carbocycles. The first-order chi connectivity index (χ1) is 18.5. The molecule has 1 aliphatic heterocycles. The second kappa shape index (κ2) is 11.6. The molecule has 6 nitrogen and oxygen atoms in total. The Bertz CT molecular complexity index is 1430. The summed E-state index contributed by atoms with van der Waals surface area (Å²) in [4.78, 5) is 32.3. The smallest absolute Gasteiger partial charge is 0.251 e. The number of aromatic nitrogens is 1. The van der Waals surface area contributed by atoms with E-state index < -0.39 is 0 Å². The normalized spacial score (nSPS) is 15.2. The van der Waals surface area contributed by atoms with Crippen molar-refractivity contribution in [3.8, 4) is 11.1 Å². The van der Waals surface area contributed by atoms with Crippen LogP contribution in [0.15, 0.2) is 85.2 Å². The number of hydrogen-bond donors (Lipinski definition) is 2. The van der Waals surface area contributed by atoms with E-state index >= 15 is 0 Å². The van der Waals surface area contributed by atoms with Crippen molar-refractivity contribution in [3.05, 3.63) is 102 Å². The van der Waals surface area contributed by atoms with Crippen LogP contribution in [0.2, 0.25) is 0 Å². The number of rotatable bonds is 7. The summed E-state index contributed by atoms with van der Waals surface area (Å²) in [5, 5.41) is 8.38. The number of benzene rings is 3. The van der Waals surface area contributed by atoms with Crippen LogP contribution in [0.1, 0.15) is 58.5 Å². The molecule has 194 valence electrons. The summed E-state index contributed by atoms with van der Waals surface area (Å²) >= 11 is 0. The topological polar surface area (TPSA) is 74.3 Å². The van der Waals surface area contributed by atoms with Crippen LogP contribution in [0.25, 0.3) is 21.9 Å². The maximum Gasteiger partial charge on any atom is 0.251 e. The lowest BCUT2D eigenvalue weighted by Crippen LogP contribution is -2.43. The van der Waals surface area contributed by atoms with Crippen molar-refractivity contribution in [1.82, 2.24) is 20.5 Å². The summed E-state index contributed by atoms with van der Waals surface area (Å²) in [5.74, 6) is -0.112. The van der Waals surface area contributed by atoms with Gasteiger partial charge in [0.1, 0.15) is 0 Å². The second-order valence-electron chi connectivity index (χ2n) is 10.1. The van der Waals surface area contributed by atoms with Gasteiger partial charge in [-0.3, -0.25) is 14.6 Å². The number of carbonyl (C=O) groups excluding carboxylic acids is 2. The monoisotopic (exact) mass is 506 g/mol. The van der Waals surface area contributed by atoms with Gasteiger partial charge in [-0.05, 0) is 97.9 Å². The molecule has 6 heteroatoms. The Balaban J connectivity index is 1.27. The molecular weight excluding hydrogens is 472 g/mol. The lowest BCUT2D eigenvalue weighted by molar-refractivity contribution is 0.0913. The fourth-order valence-corrected chi connectivity index (χ4v) is 5.06. The number of piperidine rings is 1. The highest BCUT2D eigenvalue weighted by molar-refractivity contribution is 5.98. The van der Waals surface area contributed by atoms with Crippen LogP contribution in [0.3, 0.4) is 0 Å². The van der Waals surface area contributed by atoms with Gasteiger partial charge < -0.3 is 15.5 Å². The van der Waals surface area contributed by atoms with Crippen LogP contribution in [0.5, 0.6) is 0 Å². The average molecular weight is 507 g/mol. The van der Waals surface area contributed by atoms with Gasteiger partial charge in [0.2, 0.25) is 0 Å². The molecule has 1 aliphatic rings. The molecule has 0 aliphatic carbocycles. The summed E-state index contributed by atoms with van der Waals surface area (Å²) in [7, 11) is 2.12. The number of pyridine rings is 1. The zero-order chi connectivity index (χ0) is 26.5. The third-order valence-corrected chi connectivity index (χ3v) is 7.44. The molecule has 5 rings (SSSR count). The van der Waals surface area contributed by atoms with E-state index in [0.29, 0.717) is 11.1 Å². The number of fused-ring (bicyclic) bond motifs is 1. The van der Waals surface area contributed by atoms with Crippen molar-refractivity contribution in [2.45, 2.75) is 38.3 Å². The fourth-order valence-electron chi connectivity index (χ4n) is 5.06. The molecule has 4 aromatic rings. The van der Waals surface area contributed by atoms with Crippen LogP contribution in [0, 0.1) is 0 Å². The van der Waals surface area contributed by atoms with E-state index in [-0.39, 0.29) is 23.9 Å². The van der Waals surface area contributed by atoms with E-state index in [0.717, 1.165) is 59.8 Å². The number of nitrogens with zero attached hydrogens (tertiary/aromatic N) is 2. The van der Waals surface area contributed by atoms with Crippen molar-refractivity contribution < 1.29 is 9.59 Å². The third-order valence-electron chi connectivity index (χ3n) is 7.44. The minimum Gasteiger partial charge on any atom is -0.349 e. The molecule has 1 atom stereocenters. The number of likely N-dealkylation sites (tertiary alicyclic amines) is 1. The zero-order valence-corrected chi connectivity index (χ0v) is 22.0. The van der Waals surface area contributed by atoms with Crippen molar-refractivity contribution in [3.63, 3.8) is 0 Å². The van der Waals surface area contributed by atoms with Crippen molar-refractivity contribution in [2.24, 2.45) is 0 Å². The lowest BCUT2D eigenvalue weighted by atomic mass is 9.97. The second-order valence-corrected chi connectivity index (χ2v) is 10.1. The number of carbonyl (C=O) groups is 2. The Hall–Kier alpha value is -4.03. The van der Waals surface area contributed by atoms with Gasteiger partial charge in [0.25, 0.3) is 11.8 Å². The molecular formula is C32H34N4O2. The molecule has 1 saturated heterocycles. The number of hydrogen-bond acceptors (Lipinski definition) is 4. The summed E-state index contributed by atoms with van der Waals surface area (Å²) < 4.78 is 0. The molecule has 0 radical (unpaired) electrons. The van der Waals surface area contributed by atoms with Crippen LogP contribution in [-0.4, -0.2) is 47.9 Å². The van der Waals surface area contributed by atoms with Crippen molar-refractivity contribution in [1.29, 1.82) is 0 Å². The first kappa shape index (κ1) is 25.6. The predicted octanol–water partition coefficient (Wildman–Crippen LogP) is 5.61. The molecule has 1 aromatic heterocycles.